The molecule has 3 rings (SSSR count). The number of benzene rings is 2. The van der Waals surface area contributed by atoms with Crippen molar-refractivity contribution in [1.29, 1.82) is 0 Å². The van der Waals surface area contributed by atoms with Gasteiger partial charge in [-0.2, -0.15) is 0 Å². The third-order valence-corrected chi connectivity index (χ3v) is 3.99. The number of para-hydroxylation sites is 1. The summed E-state index contributed by atoms with van der Waals surface area (Å²) in [7, 11) is 1.37. The first-order valence-electron chi connectivity index (χ1n) is 7.88. The second-order valence-electron chi connectivity index (χ2n) is 5.43. The van der Waals surface area contributed by atoms with Gasteiger partial charge in [0.15, 0.2) is 0 Å². The maximum absolute atomic E-state index is 11.9. The second kappa shape index (κ2) is 7.08. The third kappa shape index (κ3) is 3.06. The van der Waals surface area contributed by atoms with Crippen LogP contribution in [0.1, 0.15) is 35.3 Å². The highest BCUT2D eigenvalue weighted by Gasteiger charge is 2.16. The van der Waals surface area contributed by atoms with Gasteiger partial charge in [-0.15, -0.1) is 0 Å². The summed E-state index contributed by atoms with van der Waals surface area (Å²) in [5.74, 6) is 0.307. The largest absolute Gasteiger partial charge is 0.465 e. The Morgan fingerprint density at radius 1 is 1.12 bits per heavy atom. The zero-order chi connectivity index (χ0) is 16.9. The number of hydrogen-bond acceptors (Lipinski definition) is 5. The lowest BCUT2D eigenvalue weighted by Gasteiger charge is -2.19. The van der Waals surface area contributed by atoms with Crippen LogP contribution in [-0.2, 0) is 4.74 Å². The lowest BCUT2D eigenvalue weighted by molar-refractivity contribution is 0.0603. The van der Waals surface area contributed by atoms with Gasteiger partial charge in [-0.05, 0) is 24.1 Å². The van der Waals surface area contributed by atoms with E-state index in [0.717, 1.165) is 11.8 Å². The molecule has 1 aromatic heterocycles. The second-order valence-corrected chi connectivity index (χ2v) is 5.43. The summed E-state index contributed by atoms with van der Waals surface area (Å²) in [5, 5.41) is 4.27. The molecule has 0 spiro atoms. The van der Waals surface area contributed by atoms with Crippen LogP contribution in [0.2, 0.25) is 0 Å². The highest BCUT2D eigenvalue weighted by atomic mass is 16.5. The number of anilines is 1. The summed E-state index contributed by atoms with van der Waals surface area (Å²) >= 11 is 0. The fourth-order valence-corrected chi connectivity index (χ4v) is 2.75. The predicted molar refractivity (Wildman–Crippen MR) is 94.0 cm³/mol. The number of rotatable bonds is 5. The maximum atomic E-state index is 11.9. The molecule has 0 aliphatic heterocycles. The quantitative estimate of drug-likeness (QED) is 0.720. The number of nitrogens with zero attached hydrogens (tertiary/aromatic N) is 2. The van der Waals surface area contributed by atoms with E-state index in [2.05, 4.69) is 34.3 Å². The van der Waals surface area contributed by atoms with E-state index in [1.54, 1.807) is 6.07 Å². The van der Waals surface area contributed by atoms with Crippen LogP contribution in [0.15, 0.2) is 54.9 Å². The van der Waals surface area contributed by atoms with Gasteiger partial charge in [-0.25, -0.2) is 14.8 Å². The number of hydrogen-bond donors (Lipinski definition) is 1. The smallest absolute Gasteiger partial charge is 0.340 e. The van der Waals surface area contributed by atoms with Crippen molar-refractivity contribution in [1.82, 2.24) is 9.97 Å². The molecule has 3 aromatic rings. The minimum atomic E-state index is -0.402. The molecule has 0 bridgehead atoms. The first-order valence-corrected chi connectivity index (χ1v) is 7.88. The maximum Gasteiger partial charge on any atom is 0.340 e. The summed E-state index contributed by atoms with van der Waals surface area (Å²) in [4.78, 5) is 20.6. The first kappa shape index (κ1) is 15.9. The Morgan fingerprint density at radius 3 is 2.62 bits per heavy atom. The van der Waals surface area contributed by atoms with E-state index in [9.17, 15) is 4.79 Å². The number of carbonyl (C=O) groups excluding carboxylic acids is 1. The fraction of sp³-hybridized carbons (Fsp3) is 0.211. The van der Waals surface area contributed by atoms with Crippen molar-refractivity contribution in [3.63, 3.8) is 0 Å². The highest BCUT2D eigenvalue weighted by molar-refractivity contribution is 6.05. The molecule has 1 N–H and O–H groups in total. The SMILES string of the molecule is CCC(Nc1ncnc2c(C(=O)OC)cccc12)c1ccccc1. The van der Waals surface area contributed by atoms with Crippen molar-refractivity contribution in [3.05, 3.63) is 66.0 Å². The average molecular weight is 321 g/mol. The molecule has 0 amide bonds. The molecule has 122 valence electrons. The minimum absolute atomic E-state index is 0.131. The van der Waals surface area contributed by atoms with Crippen molar-refractivity contribution in [2.45, 2.75) is 19.4 Å². The lowest BCUT2D eigenvalue weighted by Crippen LogP contribution is -2.12. The standard InChI is InChI=1S/C19H19N3O2/c1-3-16(13-8-5-4-6-9-13)22-18-14-10-7-11-15(19(23)24-2)17(14)20-12-21-18/h4-12,16H,3H2,1-2H3,(H,20,21,22). The summed E-state index contributed by atoms with van der Waals surface area (Å²) in [6.45, 7) is 2.12. The fourth-order valence-electron chi connectivity index (χ4n) is 2.75. The van der Waals surface area contributed by atoms with Crippen LogP contribution >= 0.6 is 0 Å². The molecular weight excluding hydrogens is 302 g/mol. The van der Waals surface area contributed by atoms with Gasteiger partial charge in [-0.3, -0.25) is 0 Å². The third-order valence-electron chi connectivity index (χ3n) is 3.99. The van der Waals surface area contributed by atoms with E-state index >= 15 is 0 Å². The van der Waals surface area contributed by atoms with Gasteiger partial charge in [0, 0.05) is 5.39 Å². The molecule has 1 atom stereocenters. The molecule has 0 aliphatic carbocycles. The molecule has 0 radical (unpaired) electrons. The van der Waals surface area contributed by atoms with Gasteiger partial charge in [0.2, 0.25) is 0 Å². The number of aromatic nitrogens is 2. The number of nitrogens with one attached hydrogen (secondary N) is 1. The summed E-state index contributed by atoms with van der Waals surface area (Å²) in [5.41, 5.74) is 2.22. The Kier molecular flexibility index (Phi) is 4.70. The van der Waals surface area contributed by atoms with Crippen LogP contribution in [0.25, 0.3) is 10.9 Å². The molecule has 1 unspecified atom stereocenters. The predicted octanol–water partition coefficient (Wildman–Crippen LogP) is 3.98. The van der Waals surface area contributed by atoms with E-state index in [0.29, 0.717) is 16.9 Å². The van der Waals surface area contributed by atoms with E-state index < -0.39 is 5.97 Å². The van der Waals surface area contributed by atoms with Crippen LogP contribution in [0.3, 0.4) is 0 Å². The summed E-state index contributed by atoms with van der Waals surface area (Å²) in [6, 6.07) is 15.8. The van der Waals surface area contributed by atoms with Gasteiger partial charge < -0.3 is 10.1 Å². The van der Waals surface area contributed by atoms with Crippen molar-refractivity contribution >= 4 is 22.7 Å². The minimum Gasteiger partial charge on any atom is -0.465 e. The van der Waals surface area contributed by atoms with E-state index in [4.69, 9.17) is 4.74 Å². The Hall–Kier alpha value is -2.95. The number of fused-ring (bicyclic) bond motifs is 1. The molecule has 0 saturated carbocycles. The first-order chi connectivity index (χ1) is 11.7. The molecule has 0 fully saturated rings. The zero-order valence-electron chi connectivity index (χ0n) is 13.7. The van der Waals surface area contributed by atoms with Crippen LogP contribution in [0.4, 0.5) is 5.82 Å². The van der Waals surface area contributed by atoms with Crippen molar-refractivity contribution in [3.8, 4) is 0 Å². The monoisotopic (exact) mass is 321 g/mol. The van der Waals surface area contributed by atoms with E-state index in [1.807, 2.05) is 30.3 Å². The van der Waals surface area contributed by atoms with Crippen LogP contribution in [-0.4, -0.2) is 23.0 Å². The lowest BCUT2D eigenvalue weighted by atomic mass is 10.0. The Balaban J connectivity index is 2.02. The van der Waals surface area contributed by atoms with Gasteiger partial charge in [0.1, 0.15) is 12.1 Å². The Morgan fingerprint density at radius 2 is 1.92 bits per heavy atom. The van der Waals surface area contributed by atoms with Crippen molar-refractivity contribution in [2.24, 2.45) is 0 Å². The van der Waals surface area contributed by atoms with Crippen LogP contribution < -0.4 is 5.32 Å². The topological polar surface area (TPSA) is 64.1 Å². The van der Waals surface area contributed by atoms with Crippen LogP contribution in [0.5, 0.6) is 0 Å². The molecule has 0 aliphatic rings. The van der Waals surface area contributed by atoms with E-state index in [-0.39, 0.29) is 6.04 Å². The van der Waals surface area contributed by atoms with Crippen molar-refractivity contribution < 1.29 is 9.53 Å². The molecule has 5 nitrogen and oxygen atoms in total. The summed E-state index contributed by atoms with van der Waals surface area (Å²) < 4.78 is 4.84. The normalized spacial score (nSPS) is 11.9. The zero-order valence-corrected chi connectivity index (χ0v) is 13.7. The molecule has 24 heavy (non-hydrogen) atoms. The molecule has 1 heterocycles. The highest BCUT2D eigenvalue weighted by Crippen LogP contribution is 2.27. The van der Waals surface area contributed by atoms with Crippen molar-refractivity contribution in [2.75, 3.05) is 12.4 Å². The summed E-state index contributed by atoms with van der Waals surface area (Å²) in [6.07, 6.45) is 2.38. The van der Waals surface area contributed by atoms with Crippen LogP contribution in [0, 0.1) is 0 Å². The Labute approximate surface area is 140 Å². The molecule has 2 aromatic carbocycles. The van der Waals surface area contributed by atoms with Gasteiger partial charge in [-0.1, -0.05) is 43.3 Å². The average Bonchev–Trinajstić information content (AvgIpc) is 2.65. The molecule has 5 heteroatoms. The number of methoxy groups -OCH3 is 1. The molecular formula is C19H19N3O2. The van der Waals surface area contributed by atoms with Gasteiger partial charge in [0.05, 0.1) is 24.2 Å². The number of esters is 1. The number of carbonyl (C=O) groups is 1. The molecule has 0 saturated heterocycles. The Bertz CT molecular complexity index is 850. The van der Waals surface area contributed by atoms with E-state index in [1.165, 1.54) is 19.0 Å². The van der Waals surface area contributed by atoms with Gasteiger partial charge in [0.25, 0.3) is 0 Å². The van der Waals surface area contributed by atoms with Gasteiger partial charge >= 0.3 is 5.97 Å². The number of ether oxygens (including phenoxy) is 1.